The van der Waals surface area contributed by atoms with Gasteiger partial charge in [-0.05, 0) is 20.0 Å². The Kier molecular flexibility index (Phi) is 7.39. The van der Waals surface area contributed by atoms with E-state index in [9.17, 15) is 0 Å². The van der Waals surface area contributed by atoms with Crippen LogP contribution >= 0.6 is 0 Å². The molecule has 56 valence electrons. The van der Waals surface area contributed by atoms with E-state index in [4.69, 9.17) is 0 Å². The molecule has 0 atom stereocenters. The van der Waals surface area contributed by atoms with Gasteiger partial charge in [-0.25, -0.2) is 0 Å². The standard InChI is InChI=1S/C8H14N2/c1-3-6-10-8-5-4-7-9-2/h3,5-6,8-9H,1,4,7H2,2H3/b8-5-,10-6?. The Hall–Kier alpha value is -0.890. The second-order valence-corrected chi connectivity index (χ2v) is 1.81. The van der Waals surface area contributed by atoms with E-state index in [-0.39, 0.29) is 0 Å². The third-order valence-corrected chi connectivity index (χ3v) is 0.944. The highest BCUT2D eigenvalue weighted by Crippen LogP contribution is 1.79. The topological polar surface area (TPSA) is 24.4 Å². The minimum absolute atomic E-state index is 1.00. The number of hydrogen-bond acceptors (Lipinski definition) is 2. The Bertz CT molecular complexity index is 125. The molecule has 0 aromatic carbocycles. The lowest BCUT2D eigenvalue weighted by Gasteiger charge is -1.88. The van der Waals surface area contributed by atoms with E-state index in [0.717, 1.165) is 13.0 Å². The first-order valence-corrected chi connectivity index (χ1v) is 3.35. The van der Waals surface area contributed by atoms with Crippen molar-refractivity contribution in [2.24, 2.45) is 4.99 Å². The zero-order valence-corrected chi connectivity index (χ0v) is 6.38. The van der Waals surface area contributed by atoms with Crippen LogP contribution in [-0.4, -0.2) is 19.8 Å². The van der Waals surface area contributed by atoms with Crippen molar-refractivity contribution < 1.29 is 0 Å². The summed E-state index contributed by atoms with van der Waals surface area (Å²) in [5, 5.41) is 3.04. The Morgan fingerprint density at radius 1 is 1.60 bits per heavy atom. The van der Waals surface area contributed by atoms with Crippen molar-refractivity contribution in [3.8, 4) is 0 Å². The minimum atomic E-state index is 1.00. The second kappa shape index (κ2) is 8.11. The van der Waals surface area contributed by atoms with Crippen molar-refractivity contribution in [2.45, 2.75) is 6.42 Å². The molecule has 0 rings (SSSR count). The number of rotatable bonds is 5. The average molecular weight is 138 g/mol. The highest BCUT2D eigenvalue weighted by atomic mass is 14.8. The second-order valence-electron chi connectivity index (χ2n) is 1.81. The molecule has 2 heteroatoms. The van der Waals surface area contributed by atoms with E-state index in [0.29, 0.717) is 0 Å². The number of hydrogen-bond donors (Lipinski definition) is 1. The molecule has 0 saturated carbocycles. The summed E-state index contributed by atoms with van der Waals surface area (Å²) >= 11 is 0. The molecule has 0 radical (unpaired) electrons. The fourth-order valence-corrected chi connectivity index (χ4v) is 0.474. The summed E-state index contributed by atoms with van der Waals surface area (Å²) in [6.07, 6.45) is 8.12. The van der Waals surface area contributed by atoms with Gasteiger partial charge in [0, 0.05) is 12.4 Å². The van der Waals surface area contributed by atoms with Gasteiger partial charge < -0.3 is 5.32 Å². The maximum Gasteiger partial charge on any atom is 0.0261 e. The summed E-state index contributed by atoms with van der Waals surface area (Å²) < 4.78 is 0. The van der Waals surface area contributed by atoms with Crippen LogP contribution in [0.15, 0.2) is 29.9 Å². The van der Waals surface area contributed by atoms with Crippen LogP contribution in [0.3, 0.4) is 0 Å². The molecule has 0 heterocycles. The van der Waals surface area contributed by atoms with Gasteiger partial charge in [-0.3, -0.25) is 4.99 Å². The lowest BCUT2D eigenvalue weighted by Crippen LogP contribution is -2.05. The zero-order chi connectivity index (χ0) is 7.66. The first-order chi connectivity index (χ1) is 4.91. The number of nitrogens with zero attached hydrogens (tertiary/aromatic N) is 1. The van der Waals surface area contributed by atoms with Gasteiger partial charge in [0.15, 0.2) is 0 Å². The average Bonchev–Trinajstić information content (AvgIpc) is 1.97. The van der Waals surface area contributed by atoms with Crippen molar-refractivity contribution in [1.82, 2.24) is 5.32 Å². The molecule has 0 amide bonds. The van der Waals surface area contributed by atoms with Crippen LogP contribution in [0.1, 0.15) is 6.42 Å². The minimum Gasteiger partial charge on any atom is -0.319 e. The highest BCUT2D eigenvalue weighted by Gasteiger charge is 1.72. The molecular weight excluding hydrogens is 124 g/mol. The van der Waals surface area contributed by atoms with Gasteiger partial charge in [0.2, 0.25) is 0 Å². The van der Waals surface area contributed by atoms with Crippen LogP contribution in [0.2, 0.25) is 0 Å². The van der Waals surface area contributed by atoms with Gasteiger partial charge in [0.25, 0.3) is 0 Å². The number of aliphatic imine (C=N–C) groups is 1. The van der Waals surface area contributed by atoms with E-state index in [1.165, 1.54) is 0 Å². The normalized spacial score (nSPS) is 11.3. The van der Waals surface area contributed by atoms with E-state index in [2.05, 4.69) is 16.9 Å². The predicted octanol–water partition coefficient (Wildman–Crippen LogP) is 1.37. The molecule has 0 unspecified atom stereocenters. The zero-order valence-electron chi connectivity index (χ0n) is 6.38. The monoisotopic (exact) mass is 138 g/mol. The van der Waals surface area contributed by atoms with Gasteiger partial charge in [-0.15, -0.1) is 0 Å². The van der Waals surface area contributed by atoms with E-state index < -0.39 is 0 Å². The van der Waals surface area contributed by atoms with E-state index in [1.54, 1.807) is 18.5 Å². The lowest BCUT2D eigenvalue weighted by atomic mass is 10.4. The van der Waals surface area contributed by atoms with Crippen molar-refractivity contribution in [3.63, 3.8) is 0 Å². The molecule has 10 heavy (non-hydrogen) atoms. The summed E-state index contributed by atoms with van der Waals surface area (Å²) in [5.74, 6) is 0. The fraction of sp³-hybridized carbons (Fsp3) is 0.375. The lowest BCUT2D eigenvalue weighted by molar-refractivity contribution is 0.807. The Morgan fingerprint density at radius 2 is 2.40 bits per heavy atom. The molecule has 0 aromatic rings. The van der Waals surface area contributed by atoms with Gasteiger partial charge in [0.1, 0.15) is 0 Å². The van der Waals surface area contributed by atoms with Crippen LogP contribution in [0.25, 0.3) is 0 Å². The van der Waals surface area contributed by atoms with E-state index >= 15 is 0 Å². The third kappa shape index (κ3) is 7.11. The molecule has 0 aromatic heterocycles. The van der Waals surface area contributed by atoms with Crippen LogP contribution in [0.5, 0.6) is 0 Å². The smallest absolute Gasteiger partial charge is 0.0261 e. The van der Waals surface area contributed by atoms with Crippen LogP contribution < -0.4 is 5.32 Å². The largest absolute Gasteiger partial charge is 0.319 e. The molecule has 0 aliphatic carbocycles. The highest BCUT2D eigenvalue weighted by molar-refractivity contribution is 5.70. The molecule has 0 bridgehead atoms. The number of allylic oxidation sites excluding steroid dienone is 1. The fourth-order valence-electron chi connectivity index (χ4n) is 0.474. The Morgan fingerprint density at radius 3 is 3.00 bits per heavy atom. The van der Waals surface area contributed by atoms with Gasteiger partial charge in [-0.2, -0.15) is 0 Å². The summed E-state index contributed by atoms with van der Waals surface area (Å²) in [5.41, 5.74) is 0. The van der Waals surface area contributed by atoms with Crippen molar-refractivity contribution in [2.75, 3.05) is 13.6 Å². The SMILES string of the molecule is C=CC=N/C=C\CCNC. The predicted molar refractivity (Wildman–Crippen MR) is 46.4 cm³/mol. The van der Waals surface area contributed by atoms with Gasteiger partial charge in [-0.1, -0.05) is 18.7 Å². The molecule has 0 saturated heterocycles. The van der Waals surface area contributed by atoms with Gasteiger partial charge >= 0.3 is 0 Å². The molecule has 0 spiro atoms. The maximum absolute atomic E-state index is 3.91. The maximum atomic E-state index is 3.91. The summed E-state index contributed by atoms with van der Waals surface area (Å²) in [7, 11) is 1.93. The molecule has 0 fully saturated rings. The van der Waals surface area contributed by atoms with Crippen molar-refractivity contribution >= 4 is 6.21 Å². The molecule has 0 aliphatic rings. The Balaban J connectivity index is 3.19. The molecular formula is C8H14N2. The van der Waals surface area contributed by atoms with Gasteiger partial charge in [0.05, 0.1) is 0 Å². The van der Waals surface area contributed by atoms with Crippen molar-refractivity contribution in [1.29, 1.82) is 0 Å². The summed E-state index contributed by atoms with van der Waals surface area (Å²) in [4.78, 5) is 3.91. The van der Waals surface area contributed by atoms with Crippen molar-refractivity contribution in [3.05, 3.63) is 24.9 Å². The summed E-state index contributed by atoms with van der Waals surface area (Å²) in [6.45, 7) is 4.50. The first-order valence-electron chi connectivity index (χ1n) is 3.35. The number of nitrogens with one attached hydrogen (secondary N) is 1. The van der Waals surface area contributed by atoms with E-state index in [1.807, 2.05) is 13.1 Å². The summed E-state index contributed by atoms with van der Waals surface area (Å²) in [6, 6.07) is 0. The molecule has 0 aliphatic heterocycles. The van der Waals surface area contributed by atoms with Crippen LogP contribution in [0.4, 0.5) is 0 Å². The first kappa shape index (κ1) is 9.11. The van der Waals surface area contributed by atoms with Crippen LogP contribution in [-0.2, 0) is 0 Å². The third-order valence-electron chi connectivity index (χ3n) is 0.944. The van der Waals surface area contributed by atoms with Crippen LogP contribution in [0, 0.1) is 0 Å². The molecule has 2 nitrogen and oxygen atoms in total. The quantitative estimate of drug-likeness (QED) is 0.450. The molecule has 1 N–H and O–H groups in total. The Labute approximate surface area is 62.4 Å².